The Labute approximate surface area is 113 Å². The fraction of sp³-hybridized carbons (Fsp3) is 0.500. The van der Waals surface area contributed by atoms with E-state index in [4.69, 9.17) is 5.11 Å². The molecule has 2 rings (SSSR count). The number of carbonyl (C=O) groups is 3. The molecule has 0 aromatic carbocycles. The number of nitrogens with zero attached hydrogens (tertiary/aromatic N) is 1. The molecule has 1 atom stereocenters. The molecule has 19 heavy (non-hydrogen) atoms. The van der Waals surface area contributed by atoms with Crippen LogP contribution < -0.4 is 5.32 Å². The molecule has 1 amide bonds. The number of hydrogen-bond donors (Lipinski definition) is 2. The predicted molar refractivity (Wildman–Crippen MR) is 69.4 cm³/mol. The minimum absolute atomic E-state index is 0.00682. The first-order chi connectivity index (χ1) is 9.01. The van der Waals surface area contributed by atoms with Gasteiger partial charge in [0.25, 0.3) is 0 Å². The van der Waals surface area contributed by atoms with Crippen molar-refractivity contribution in [3.63, 3.8) is 0 Å². The van der Waals surface area contributed by atoms with Crippen molar-refractivity contribution in [2.45, 2.75) is 32.6 Å². The summed E-state index contributed by atoms with van der Waals surface area (Å²) in [6, 6.07) is 0. The molecule has 0 saturated carbocycles. The van der Waals surface area contributed by atoms with Gasteiger partial charge in [0.15, 0.2) is 10.9 Å². The molecule has 0 aliphatic heterocycles. The summed E-state index contributed by atoms with van der Waals surface area (Å²) in [5, 5.41) is 12.0. The van der Waals surface area contributed by atoms with Crippen LogP contribution in [0.4, 0.5) is 5.13 Å². The van der Waals surface area contributed by atoms with Crippen LogP contribution in [-0.4, -0.2) is 27.8 Å². The Morgan fingerprint density at radius 1 is 1.47 bits per heavy atom. The highest BCUT2D eigenvalue weighted by Crippen LogP contribution is 2.32. The predicted octanol–water partition coefficient (Wildman–Crippen LogP) is 1.71. The van der Waals surface area contributed by atoms with Gasteiger partial charge in [-0.3, -0.25) is 14.4 Å². The summed E-state index contributed by atoms with van der Waals surface area (Å²) in [7, 11) is 0. The van der Waals surface area contributed by atoms with Crippen molar-refractivity contribution in [1.82, 2.24) is 4.98 Å². The number of fused-ring (bicyclic) bond motifs is 1. The Morgan fingerprint density at radius 2 is 2.21 bits per heavy atom. The minimum Gasteiger partial charge on any atom is -0.481 e. The smallest absolute Gasteiger partial charge is 0.307 e. The number of aromatic nitrogens is 1. The number of nitrogens with one attached hydrogen (secondary N) is 1. The van der Waals surface area contributed by atoms with E-state index >= 15 is 0 Å². The molecule has 0 fully saturated rings. The van der Waals surface area contributed by atoms with E-state index in [0.717, 1.165) is 17.8 Å². The van der Waals surface area contributed by atoms with Crippen molar-refractivity contribution in [1.29, 1.82) is 0 Å². The molecule has 102 valence electrons. The number of hydrogen-bond acceptors (Lipinski definition) is 5. The largest absolute Gasteiger partial charge is 0.481 e. The third-order valence-corrected chi connectivity index (χ3v) is 3.95. The number of ketones is 1. The van der Waals surface area contributed by atoms with Gasteiger partial charge in [-0.1, -0.05) is 18.3 Å². The molecule has 0 spiro atoms. The third-order valence-electron chi connectivity index (χ3n) is 2.89. The second kappa shape index (κ2) is 5.48. The number of aliphatic carboxylic acids is 1. The van der Waals surface area contributed by atoms with Crippen LogP contribution in [0.15, 0.2) is 0 Å². The highest BCUT2D eigenvalue weighted by Gasteiger charge is 2.32. The first kappa shape index (κ1) is 13.7. The first-order valence-corrected chi connectivity index (χ1v) is 6.88. The van der Waals surface area contributed by atoms with Gasteiger partial charge in [-0.15, -0.1) is 0 Å². The Hall–Kier alpha value is -1.76. The van der Waals surface area contributed by atoms with Crippen molar-refractivity contribution >= 4 is 34.1 Å². The second-order valence-corrected chi connectivity index (χ2v) is 5.46. The molecule has 1 aromatic rings. The van der Waals surface area contributed by atoms with E-state index in [-0.39, 0.29) is 24.5 Å². The van der Waals surface area contributed by atoms with Crippen LogP contribution in [0.2, 0.25) is 0 Å². The molecule has 1 aromatic heterocycles. The molecule has 2 N–H and O–H groups in total. The van der Waals surface area contributed by atoms with Crippen LogP contribution in [0.5, 0.6) is 0 Å². The highest BCUT2D eigenvalue weighted by atomic mass is 32.1. The fourth-order valence-corrected chi connectivity index (χ4v) is 2.92. The first-order valence-electron chi connectivity index (χ1n) is 6.06. The van der Waals surface area contributed by atoms with E-state index < -0.39 is 11.9 Å². The Kier molecular flexibility index (Phi) is 3.94. The molecule has 0 bridgehead atoms. The van der Waals surface area contributed by atoms with Crippen molar-refractivity contribution in [2.75, 3.05) is 5.32 Å². The number of carboxylic acid groups (broad SMARTS) is 1. The van der Waals surface area contributed by atoms with Crippen LogP contribution in [0.25, 0.3) is 0 Å². The van der Waals surface area contributed by atoms with Gasteiger partial charge in [-0.05, 0) is 6.42 Å². The Bertz CT molecular complexity index is 538. The summed E-state index contributed by atoms with van der Waals surface area (Å²) in [4.78, 5) is 38.8. The van der Waals surface area contributed by atoms with Crippen molar-refractivity contribution in [3.05, 3.63) is 10.6 Å². The maximum atomic E-state index is 11.8. The van der Waals surface area contributed by atoms with Crippen LogP contribution in [0, 0.1) is 5.92 Å². The SMILES string of the molecule is CCCC(=O)Nc1nc2c(s1)C(=O)C[C@H](C(=O)O)C2. The molecule has 0 saturated heterocycles. The molecule has 6 nitrogen and oxygen atoms in total. The van der Waals surface area contributed by atoms with E-state index in [0.29, 0.717) is 22.1 Å². The molecular weight excluding hydrogens is 268 g/mol. The number of thiazole rings is 1. The normalized spacial score (nSPS) is 17.9. The number of anilines is 1. The van der Waals surface area contributed by atoms with E-state index in [2.05, 4.69) is 10.3 Å². The van der Waals surface area contributed by atoms with Crippen molar-refractivity contribution < 1.29 is 19.5 Å². The lowest BCUT2D eigenvalue weighted by Gasteiger charge is -2.15. The van der Waals surface area contributed by atoms with Gasteiger partial charge in [-0.25, -0.2) is 4.98 Å². The summed E-state index contributed by atoms with van der Waals surface area (Å²) >= 11 is 1.13. The summed E-state index contributed by atoms with van der Waals surface area (Å²) in [6.07, 6.45) is 1.39. The average molecular weight is 282 g/mol. The quantitative estimate of drug-likeness (QED) is 0.876. The lowest BCUT2D eigenvalue weighted by molar-refractivity contribution is -0.141. The number of Topliss-reactive ketones (excluding diaryl/α,β-unsaturated/α-hetero) is 1. The van der Waals surface area contributed by atoms with Gasteiger partial charge in [0.1, 0.15) is 0 Å². The monoisotopic (exact) mass is 282 g/mol. The molecule has 1 heterocycles. The minimum atomic E-state index is -0.983. The van der Waals surface area contributed by atoms with Crippen LogP contribution in [-0.2, 0) is 16.0 Å². The van der Waals surface area contributed by atoms with Crippen LogP contribution >= 0.6 is 11.3 Å². The zero-order valence-corrected chi connectivity index (χ0v) is 11.2. The second-order valence-electron chi connectivity index (χ2n) is 4.46. The number of carboxylic acids is 1. The van der Waals surface area contributed by atoms with Crippen LogP contribution in [0.3, 0.4) is 0 Å². The van der Waals surface area contributed by atoms with Gasteiger partial charge in [0.05, 0.1) is 16.5 Å². The number of carbonyl (C=O) groups excluding carboxylic acids is 2. The zero-order chi connectivity index (χ0) is 14.0. The van der Waals surface area contributed by atoms with Crippen molar-refractivity contribution in [3.8, 4) is 0 Å². The summed E-state index contributed by atoms with van der Waals surface area (Å²) in [5.41, 5.74) is 0.487. The lowest BCUT2D eigenvalue weighted by atomic mass is 9.90. The van der Waals surface area contributed by atoms with Crippen LogP contribution in [0.1, 0.15) is 41.6 Å². The van der Waals surface area contributed by atoms with Crippen molar-refractivity contribution in [2.24, 2.45) is 5.92 Å². The topological polar surface area (TPSA) is 96.4 Å². The van der Waals surface area contributed by atoms with E-state index in [1.165, 1.54) is 0 Å². The highest BCUT2D eigenvalue weighted by molar-refractivity contribution is 7.17. The average Bonchev–Trinajstić information content (AvgIpc) is 2.72. The Morgan fingerprint density at radius 3 is 2.84 bits per heavy atom. The van der Waals surface area contributed by atoms with E-state index in [9.17, 15) is 14.4 Å². The van der Waals surface area contributed by atoms with E-state index in [1.54, 1.807) is 0 Å². The summed E-state index contributed by atoms with van der Waals surface area (Å²) < 4.78 is 0. The van der Waals surface area contributed by atoms with Gasteiger partial charge < -0.3 is 10.4 Å². The maximum absolute atomic E-state index is 11.8. The van der Waals surface area contributed by atoms with Gasteiger partial charge in [-0.2, -0.15) is 0 Å². The molecule has 1 aliphatic carbocycles. The standard InChI is InChI=1S/C12H14N2O4S/c1-2-3-9(16)14-12-13-7-4-6(11(17)18)5-8(15)10(7)19-12/h6H,2-5H2,1H3,(H,17,18)(H,13,14,16)/t6-/m1/s1. The van der Waals surface area contributed by atoms with Gasteiger partial charge in [0.2, 0.25) is 5.91 Å². The number of rotatable bonds is 4. The number of amides is 1. The van der Waals surface area contributed by atoms with E-state index in [1.807, 2.05) is 6.92 Å². The Balaban J connectivity index is 2.17. The molecule has 0 radical (unpaired) electrons. The molecular formula is C12H14N2O4S. The summed E-state index contributed by atoms with van der Waals surface area (Å²) in [5.74, 6) is -2.04. The fourth-order valence-electron chi connectivity index (χ4n) is 1.97. The third kappa shape index (κ3) is 2.98. The van der Waals surface area contributed by atoms with Gasteiger partial charge >= 0.3 is 5.97 Å². The maximum Gasteiger partial charge on any atom is 0.307 e. The van der Waals surface area contributed by atoms with Gasteiger partial charge in [0, 0.05) is 19.3 Å². The lowest BCUT2D eigenvalue weighted by Crippen LogP contribution is -2.25. The zero-order valence-electron chi connectivity index (χ0n) is 10.4. The molecule has 0 unspecified atom stereocenters. The molecule has 1 aliphatic rings. The summed E-state index contributed by atoms with van der Waals surface area (Å²) in [6.45, 7) is 1.90. The molecule has 7 heteroatoms.